The van der Waals surface area contributed by atoms with E-state index in [9.17, 15) is 0 Å². The van der Waals surface area contributed by atoms with Crippen molar-refractivity contribution in [2.75, 3.05) is 6.54 Å². The molecule has 0 aliphatic heterocycles. The Morgan fingerprint density at radius 3 is 2.94 bits per heavy atom. The molecule has 3 nitrogen and oxygen atoms in total. The van der Waals surface area contributed by atoms with Crippen molar-refractivity contribution in [2.24, 2.45) is 12.8 Å². The van der Waals surface area contributed by atoms with E-state index in [1.807, 2.05) is 0 Å². The van der Waals surface area contributed by atoms with E-state index < -0.39 is 0 Å². The fourth-order valence-electron chi connectivity index (χ4n) is 2.43. The van der Waals surface area contributed by atoms with Crippen molar-refractivity contribution in [3.8, 4) is 0 Å². The molecule has 0 bridgehead atoms. The Kier molecular flexibility index (Phi) is 2.21. The molecule has 0 atom stereocenters. The number of aryl methyl sites for hydroxylation is 1. The first kappa shape index (κ1) is 9.85. The summed E-state index contributed by atoms with van der Waals surface area (Å²) < 4.78 is 2.05. The van der Waals surface area contributed by atoms with Crippen LogP contribution in [-0.2, 0) is 13.5 Å². The third-order valence-corrected chi connectivity index (χ3v) is 3.34. The predicted octanol–water partition coefficient (Wildman–Crippen LogP) is 1.95. The summed E-state index contributed by atoms with van der Waals surface area (Å²) in [6, 6.07) is 6.57. The maximum atomic E-state index is 5.57. The number of rotatable bonds is 3. The average Bonchev–Trinajstić information content (AvgIpc) is 3.02. The van der Waals surface area contributed by atoms with Gasteiger partial charge in [-0.3, -0.25) is 4.68 Å². The van der Waals surface area contributed by atoms with Gasteiger partial charge in [0, 0.05) is 24.0 Å². The van der Waals surface area contributed by atoms with Crippen LogP contribution in [0.3, 0.4) is 0 Å². The van der Waals surface area contributed by atoms with Crippen molar-refractivity contribution >= 4 is 10.9 Å². The molecule has 1 heterocycles. The molecule has 0 unspecified atom stereocenters. The second-order valence-electron chi connectivity index (χ2n) is 4.67. The topological polar surface area (TPSA) is 43.8 Å². The van der Waals surface area contributed by atoms with Gasteiger partial charge in [0.15, 0.2) is 0 Å². The normalized spacial score (nSPS) is 15.9. The third kappa shape index (κ3) is 1.52. The number of benzene rings is 1. The second-order valence-corrected chi connectivity index (χ2v) is 4.67. The average molecular weight is 215 g/mol. The number of nitrogens with zero attached hydrogens (tertiary/aromatic N) is 2. The quantitative estimate of drug-likeness (QED) is 0.850. The molecule has 1 saturated carbocycles. The van der Waals surface area contributed by atoms with Crippen LogP contribution in [0.5, 0.6) is 0 Å². The molecule has 2 N–H and O–H groups in total. The fraction of sp³-hybridized carbons (Fsp3) is 0.462. The fourth-order valence-corrected chi connectivity index (χ4v) is 2.43. The van der Waals surface area contributed by atoms with Crippen molar-refractivity contribution in [3.63, 3.8) is 0 Å². The lowest BCUT2D eigenvalue weighted by Gasteiger charge is -2.00. The van der Waals surface area contributed by atoms with E-state index in [2.05, 4.69) is 35.0 Å². The highest BCUT2D eigenvalue weighted by Gasteiger charge is 2.28. The van der Waals surface area contributed by atoms with Gasteiger partial charge in [0.25, 0.3) is 0 Å². The summed E-state index contributed by atoms with van der Waals surface area (Å²) in [5.74, 6) is 0.746. The Bertz CT molecular complexity index is 523. The summed E-state index contributed by atoms with van der Waals surface area (Å²) >= 11 is 0. The molecule has 1 aromatic carbocycles. The molecule has 0 saturated heterocycles. The summed E-state index contributed by atoms with van der Waals surface area (Å²) in [5.41, 5.74) is 9.39. The highest BCUT2D eigenvalue weighted by molar-refractivity contribution is 5.83. The monoisotopic (exact) mass is 215 g/mol. The number of aromatic nitrogens is 2. The predicted molar refractivity (Wildman–Crippen MR) is 65.4 cm³/mol. The summed E-state index contributed by atoms with van der Waals surface area (Å²) in [5, 5.41) is 5.92. The maximum Gasteiger partial charge on any atom is 0.0928 e. The lowest BCUT2D eigenvalue weighted by Crippen LogP contribution is -2.02. The summed E-state index contributed by atoms with van der Waals surface area (Å²) in [7, 11) is 2.05. The van der Waals surface area contributed by atoms with Crippen LogP contribution in [0.2, 0.25) is 0 Å². The first-order chi connectivity index (χ1) is 7.79. The van der Waals surface area contributed by atoms with Crippen LogP contribution >= 0.6 is 0 Å². The molecule has 1 aromatic heterocycles. The first-order valence-electron chi connectivity index (χ1n) is 5.95. The van der Waals surface area contributed by atoms with Gasteiger partial charge in [0.2, 0.25) is 0 Å². The van der Waals surface area contributed by atoms with Gasteiger partial charge < -0.3 is 5.73 Å². The van der Waals surface area contributed by atoms with E-state index in [1.54, 1.807) is 0 Å². The zero-order chi connectivity index (χ0) is 11.1. The SMILES string of the molecule is Cn1nc2cc(CCN)ccc2c1C1CC1. The van der Waals surface area contributed by atoms with Crippen molar-refractivity contribution in [3.05, 3.63) is 29.5 Å². The minimum Gasteiger partial charge on any atom is -0.330 e. The van der Waals surface area contributed by atoms with Gasteiger partial charge in [-0.1, -0.05) is 12.1 Å². The van der Waals surface area contributed by atoms with E-state index in [0.29, 0.717) is 6.54 Å². The Morgan fingerprint density at radius 1 is 1.44 bits per heavy atom. The highest BCUT2D eigenvalue weighted by Crippen LogP contribution is 2.42. The Balaban J connectivity index is 2.12. The van der Waals surface area contributed by atoms with Crippen LogP contribution < -0.4 is 5.73 Å². The molecule has 3 heteroatoms. The van der Waals surface area contributed by atoms with E-state index >= 15 is 0 Å². The van der Waals surface area contributed by atoms with Crippen molar-refractivity contribution in [2.45, 2.75) is 25.2 Å². The van der Waals surface area contributed by atoms with Crippen LogP contribution in [0.15, 0.2) is 18.2 Å². The van der Waals surface area contributed by atoms with Gasteiger partial charge in [-0.15, -0.1) is 0 Å². The molecule has 0 spiro atoms. The molecule has 1 aliphatic carbocycles. The van der Waals surface area contributed by atoms with Gasteiger partial charge in [0.1, 0.15) is 0 Å². The minimum absolute atomic E-state index is 0.702. The summed E-state index contributed by atoms with van der Waals surface area (Å²) in [4.78, 5) is 0. The lowest BCUT2D eigenvalue weighted by atomic mass is 10.1. The summed E-state index contributed by atoms with van der Waals surface area (Å²) in [6.45, 7) is 0.702. The standard InChI is InChI=1S/C13H17N3/c1-16-13(10-3-4-10)11-5-2-9(6-7-14)8-12(11)15-16/h2,5,8,10H,3-4,6-7,14H2,1H3. The number of hydrogen-bond donors (Lipinski definition) is 1. The third-order valence-electron chi connectivity index (χ3n) is 3.34. The number of fused-ring (bicyclic) bond motifs is 1. The zero-order valence-corrected chi connectivity index (χ0v) is 9.61. The van der Waals surface area contributed by atoms with Gasteiger partial charge in [0.05, 0.1) is 5.52 Å². The molecular weight excluding hydrogens is 198 g/mol. The van der Waals surface area contributed by atoms with Crippen LogP contribution in [0, 0.1) is 0 Å². The molecule has 3 rings (SSSR count). The van der Waals surface area contributed by atoms with Crippen LogP contribution in [-0.4, -0.2) is 16.3 Å². The largest absolute Gasteiger partial charge is 0.330 e. The highest BCUT2D eigenvalue weighted by atomic mass is 15.3. The van der Waals surface area contributed by atoms with E-state index in [-0.39, 0.29) is 0 Å². The Morgan fingerprint density at radius 2 is 2.25 bits per heavy atom. The van der Waals surface area contributed by atoms with Crippen molar-refractivity contribution in [1.82, 2.24) is 9.78 Å². The molecule has 1 fully saturated rings. The van der Waals surface area contributed by atoms with E-state index in [0.717, 1.165) is 17.9 Å². The maximum absolute atomic E-state index is 5.57. The van der Waals surface area contributed by atoms with Gasteiger partial charge >= 0.3 is 0 Å². The lowest BCUT2D eigenvalue weighted by molar-refractivity contribution is 0.723. The molecule has 0 radical (unpaired) electrons. The van der Waals surface area contributed by atoms with Crippen LogP contribution in [0.4, 0.5) is 0 Å². The molecular formula is C13H17N3. The van der Waals surface area contributed by atoms with Crippen LogP contribution in [0.25, 0.3) is 10.9 Å². The molecule has 0 amide bonds. The molecule has 84 valence electrons. The second kappa shape index (κ2) is 3.59. The minimum atomic E-state index is 0.702. The van der Waals surface area contributed by atoms with Crippen LogP contribution in [0.1, 0.15) is 30.0 Å². The zero-order valence-electron chi connectivity index (χ0n) is 9.61. The van der Waals surface area contributed by atoms with E-state index in [1.165, 1.54) is 29.5 Å². The van der Waals surface area contributed by atoms with Gasteiger partial charge in [-0.05, 0) is 37.4 Å². The Hall–Kier alpha value is -1.35. The Labute approximate surface area is 95.2 Å². The van der Waals surface area contributed by atoms with Gasteiger partial charge in [-0.25, -0.2) is 0 Å². The van der Waals surface area contributed by atoms with Gasteiger partial charge in [-0.2, -0.15) is 5.10 Å². The molecule has 2 aromatic rings. The number of nitrogens with two attached hydrogens (primary N) is 1. The smallest absolute Gasteiger partial charge is 0.0928 e. The first-order valence-corrected chi connectivity index (χ1v) is 5.95. The number of hydrogen-bond acceptors (Lipinski definition) is 2. The van der Waals surface area contributed by atoms with Crippen molar-refractivity contribution < 1.29 is 0 Å². The summed E-state index contributed by atoms with van der Waals surface area (Å²) in [6.07, 6.45) is 3.57. The molecule has 16 heavy (non-hydrogen) atoms. The van der Waals surface area contributed by atoms with Crippen molar-refractivity contribution in [1.29, 1.82) is 0 Å². The molecule has 1 aliphatic rings. The van der Waals surface area contributed by atoms with E-state index in [4.69, 9.17) is 5.73 Å².